The first-order valence-electron chi connectivity index (χ1n) is 12.1. The fourth-order valence-electron chi connectivity index (χ4n) is 5.75. The molecule has 1 aromatic carbocycles. The molecule has 0 radical (unpaired) electrons. The number of H-pyrrole nitrogens is 1. The van der Waals surface area contributed by atoms with Crippen LogP contribution in [0.4, 0.5) is 5.82 Å². The van der Waals surface area contributed by atoms with Gasteiger partial charge in [-0.3, -0.25) is 9.69 Å². The van der Waals surface area contributed by atoms with Gasteiger partial charge in [0.2, 0.25) is 0 Å². The van der Waals surface area contributed by atoms with E-state index in [1.165, 1.54) is 28.7 Å². The fraction of sp³-hybridized carbons (Fsp3) is 0.423. The normalized spacial score (nSPS) is 20.7. The summed E-state index contributed by atoms with van der Waals surface area (Å²) in [6.45, 7) is 5.90. The summed E-state index contributed by atoms with van der Waals surface area (Å²) in [5.41, 5.74) is 8.40. The van der Waals surface area contributed by atoms with Crippen molar-refractivity contribution in [1.82, 2.24) is 19.9 Å². The SMILES string of the molecule is COCCc1cc2c(N3CCC4(CCN(Cc5ccc6cc(C(N)=O)[nH]c6c5)C4)C3)ncnc2s1. The second-order valence-corrected chi connectivity index (χ2v) is 11.1. The van der Waals surface area contributed by atoms with Crippen LogP contribution in [0.1, 0.15) is 33.8 Å². The molecule has 2 fully saturated rings. The van der Waals surface area contributed by atoms with Crippen molar-refractivity contribution in [2.75, 3.05) is 44.8 Å². The van der Waals surface area contributed by atoms with Crippen LogP contribution in [0, 0.1) is 5.41 Å². The molecule has 0 bridgehead atoms. The first-order valence-corrected chi connectivity index (χ1v) is 12.9. The summed E-state index contributed by atoms with van der Waals surface area (Å²) in [6, 6.07) is 10.4. The Morgan fingerprint density at radius 1 is 1.20 bits per heavy atom. The lowest BCUT2D eigenvalue weighted by Crippen LogP contribution is -2.31. The minimum Gasteiger partial charge on any atom is -0.384 e. The number of carbonyl (C=O) groups is 1. The number of anilines is 1. The van der Waals surface area contributed by atoms with Crippen molar-refractivity contribution in [3.63, 3.8) is 0 Å². The van der Waals surface area contributed by atoms with E-state index in [9.17, 15) is 4.79 Å². The van der Waals surface area contributed by atoms with Crippen LogP contribution in [0.3, 0.4) is 0 Å². The monoisotopic (exact) mass is 490 g/mol. The van der Waals surface area contributed by atoms with E-state index in [1.54, 1.807) is 24.8 Å². The molecule has 5 heterocycles. The Balaban J connectivity index is 1.15. The van der Waals surface area contributed by atoms with Gasteiger partial charge in [0.25, 0.3) is 5.91 Å². The van der Waals surface area contributed by atoms with Crippen LogP contribution in [0.15, 0.2) is 36.7 Å². The zero-order chi connectivity index (χ0) is 24.0. The predicted molar refractivity (Wildman–Crippen MR) is 139 cm³/mol. The maximum Gasteiger partial charge on any atom is 0.265 e. The number of nitrogens with zero attached hydrogens (tertiary/aromatic N) is 4. The molecule has 2 aliphatic heterocycles. The molecule has 9 heteroatoms. The average molecular weight is 491 g/mol. The number of fused-ring (bicyclic) bond motifs is 2. The highest BCUT2D eigenvalue weighted by Crippen LogP contribution is 2.43. The van der Waals surface area contributed by atoms with Gasteiger partial charge in [-0.05, 0) is 43.1 Å². The second-order valence-electron chi connectivity index (χ2n) is 9.97. The van der Waals surface area contributed by atoms with Crippen LogP contribution in [-0.4, -0.2) is 65.7 Å². The average Bonchev–Trinajstić information content (AvgIpc) is 3.63. The summed E-state index contributed by atoms with van der Waals surface area (Å²) in [4.78, 5) is 31.3. The third-order valence-electron chi connectivity index (χ3n) is 7.53. The molecule has 35 heavy (non-hydrogen) atoms. The van der Waals surface area contributed by atoms with Gasteiger partial charge in [-0.2, -0.15) is 0 Å². The van der Waals surface area contributed by atoms with Gasteiger partial charge in [-0.15, -0.1) is 11.3 Å². The number of nitrogens with one attached hydrogen (secondary N) is 1. The molecule has 1 atom stereocenters. The number of hydrogen-bond donors (Lipinski definition) is 2. The molecule has 2 saturated heterocycles. The Hall–Kier alpha value is -3.01. The number of aromatic amines is 1. The van der Waals surface area contributed by atoms with Crippen LogP contribution in [-0.2, 0) is 17.7 Å². The third-order valence-corrected chi connectivity index (χ3v) is 8.63. The van der Waals surface area contributed by atoms with E-state index in [-0.39, 0.29) is 0 Å². The lowest BCUT2D eigenvalue weighted by molar-refractivity contribution is 0.0996. The number of benzene rings is 1. The van der Waals surface area contributed by atoms with Gasteiger partial charge >= 0.3 is 0 Å². The molecule has 1 spiro atoms. The van der Waals surface area contributed by atoms with E-state index in [0.29, 0.717) is 11.1 Å². The lowest BCUT2D eigenvalue weighted by Gasteiger charge is -2.25. The van der Waals surface area contributed by atoms with E-state index in [0.717, 1.165) is 67.3 Å². The van der Waals surface area contributed by atoms with Gasteiger partial charge in [0, 0.05) is 60.9 Å². The van der Waals surface area contributed by atoms with Gasteiger partial charge in [0.15, 0.2) is 0 Å². The maximum atomic E-state index is 11.5. The van der Waals surface area contributed by atoms with Crippen LogP contribution >= 0.6 is 11.3 Å². The zero-order valence-electron chi connectivity index (χ0n) is 19.9. The molecule has 2 aliphatic rings. The molecular formula is C26H30N6O2S. The Labute approximate surface area is 208 Å². The van der Waals surface area contributed by atoms with E-state index >= 15 is 0 Å². The van der Waals surface area contributed by atoms with E-state index in [4.69, 9.17) is 15.5 Å². The van der Waals surface area contributed by atoms with E-state index in [1.807, 2.05) is 6.07 Å². The van der Waals surface area contributed by atoms with Crippen molar-refractivity contribution < 1.29 is 9.53 Å². The van der Waals surface area contributed by atoms with Crippen molar-refractivity contribution in [2.24, 2.45) is 11.1 Å². The number of likely N-dealkylation sites (tertiary alicyclic amines) is 1. The molecule has 8 nitrogen and oxygen atoms in total. The highest BCUT2D eigenvalue weighted by molar-refractivity contribution is 7.18. The number of amides is 1. The van der Waals surface area contributed by atoms with Gasteiger partial charge in [0.1, 0.15) is 22.7 Å². The van der Waals surface area contributed by atoms with Crippen molar-refractivity contribution >= 4 is 44.2 Å². The van der Waals surface area contributed by atoms with Gasteiger partial charge in [-0.1, -0.05) is 12.1 Å². The molecule has 3 aromatic heterocycles. The molecule has 1 unspecified atom stereocenters. The molecule has 6 rings (SSSR count). The Bertz CT molecular complexity index is 1400. The first-order chi connectivity index (χ1) is 17.0. The van der Waals surface area contributed by atoms with Crippen LogP contribution < -0.4 is 10.6 Å². The van der Waals surface area contributed by atoms with Crippen molar-refractivity contribution in [3.05, 3.63) is 52.8 Å². The summed E-state index contributed by atoms with van der Waals surface area (Å²) < 4.78 is 5.25. The van der Waals surface area contributed by atoms with Crippen LogP contribution in [0.25, 0.3) is 21.1 Å². The number of thiophene rings is 1. The zero-order valence-corrected chi connectivity index (χ0v) is 20.7. The largest absolute Gasteiger partial charge is 0.384 e. The highest BCUT2D eigenvalue weighted by Gasteiger charge is 2.44. The second kappa shape index (κ2) is 8.89. The Morgan fingerprint density at radius 3 is 2.94 bits per heavy atom. The van der Waals surface area contributed by atoms with E-state index in [2.05, 4.69) is 44.0 Å². The minimum absolute atomic E-state index is 0.307. The quantitative estimate of drug-likeness (QED) is 0.411. The number of aromatic nitrogens is 3. The fourth-order valence-corrected chi connectivity index (χ4v) is 6.72. The van der Waals surface area contributed by atoms with Gasteiger partial charge < -0.3 is 20.4 Å². The number of hydrogen-bond acceptors (Lipinski definition) is 7. The third kappa shape index (κ3) is 4.28. The summed E-state index contributed by atoms with van der Waals surface area (Å²) in [5.74, 6) is 0.650. The minimum atomic E-state index is -0.426. The standard InChI is InChI=1S/C26H30N6O2S/c1-34-9-4-19-12-20-24(28-16-29-25(20)35-19)32-8-6-26(15-32)5-7-31(14-26)13-17-2-3-18-11-22(23(27)33)30-21(18)10-17/h2-3,10-12,16,30H,4-9,13-15H2,1H3,(H2,27,33). The number of methoxy groups -OCH3 is 1. The number of primary amides is 1. The Kier molecular flexibility index (Phi) is 5.70. The molecule has 0 aliphatic carbocycles. The van der Waals surface area contributed by atoms with Crippen LogP contribution in [0.5, 0.6) is 0 Å². The lowest BCUT2D eigenvalue weighted by atomic mass is 9.86. The summed E-state index contributed by atoms with van der Waals surface area (Å²) in [6.07, 6.45) is 5.01. The number of ether oxygens (including phenoxy) is 1. The summed E-state index contributed by atoms with van der Waals surface area (Å²) >= 11 is 1.75. The van der Waals surface area contributed by atoms with Gasteiger partial charge in [0.05, 0.1) is 12.0 Å². The van der Waals surface area contributed by atoms with Crippen molar-refractivity contribution in [1.29, 1.82) is 0 Å². The number of carbonyl (C=O) groups excluding carboxylic acids is 1. The number of nitrogens with two attached hydrogens (primary N) is 1. The molecular weight excluding hydrogens is 460 g/mol. The molecule has 182 valence electrons. The molecule has 4 aromatic rings. The van der Waals surface area contributed by atoms with Crippen molar-refractivity contribution in [2.45, 2.75) is 25.8 Å². The predicted octanol–water partition coefficient (Wildman–Crippen LogP) is 3.56. The molecule has 1 amide bonds. The van der Waals surface area contributed by atoms with Crippen molar-refractivity contribution in [3.8, 4) is 0 Å². The van der Waals surface area contributed by atoms with Crippen LogP contribution in [0.2, 0.25) is 0 Å². The smallest absolute Gasteiger partial charge is 0.265 e. The Morgan fingerprint density at radius 2 is 2.09 bits per heavy atom. The highest BCUT2D eigenvalue weighted by atomic mass is 32.1. The first kappa shape index (κ1) is 22.5. The molecule has 3 N–H and O–H groups in total. The maximum absolute atomic E-state index is 11.5. The summed E-state index contributed by atoms with van der Waals surface area (Å²) in [7, 11) is 1.74. The summed E-state index contributed by atoms with van der Waals surface area (Å²) in [5, 5.41) is 2.19. The topological polar surface area (TPSA) is 100 Å². The van der Waals surface area contributed by atoms with E-state index < -0.39 is 5.91 Å². The molecule has 0 saturated carbocycles. The number of rotatable bonds is 7. The van der Waals surface area contributed by atoms with Gasteiger partial charge in [-0.25, -0.2) is 9.97 Å².